The monoisotopic (exact) mass is 575 g/mol. The first-order valence-corrected chi connectivity index (χ1v) is 13.4. The van der Waals surface area contributed by atoms with Crippen LogP contribution in [0, 0.1) is 0 Å². The first kappa shape index (κ1) is 29.8. The molecule has 0 fully saturated rings. The van der Waals surface area contributed by atoms with Gasteiger partial charge in [0.25, 0.3) is 0 Å². The van der Waals surface area contributed by atoms with Crippen LogP contribution in [0.25, 0.3) is 21.8 Å². The number of aliphatic carboxylic acids is 1. The van der Waals surface area contributed by atoms with Crippen LogP contribution in [0.4, 0.5) is 0 Å². The van der Waals surface area contributed by atoms with Crippen LogP contribution in [-0.4, -0.2) is 75.9 Å². The molecule has 13 nitrogen and oxygen atoms in total. The molecule has 0 aliphatic heterocycles. The normalized spacial score (nSPS) is 13.2. The average molecular weight is 576 g/mol. The molecule has 220 valence electrons. The molecule has 4 rings (SSSR count). The van der Waals surface area contributed by atoms with Crippen LogP contribution in [0.2, 0.25) is 0 Å². The molecule has 2 heterocycles. The molecule has 0 saturated carbocycles. The van der Waals surface area contributed by atoms with Crippen LogP contribution in [0.1, 0.15) is 18.1 Å². The number of hydrogen-bond donors (Lipinski definition) is 8. The highest BCUT2D eigenvalue weighted by atomic mass is 16.4. The van der Waals surface area contributed by atoms with Crippen molar-refractivity contribution in [3.63, 3.8) is 0 Å². The summed E-state index contributed by atoms with van der Waals surface area (Å²) in [5, 5.41) is 20.9. The molecule has 4 amide bonds. The van der Waals surface area contributed by atoms with Crippen LogP contribution in [0.3, 0.4) is 0 Å². The van der Waals surface area contributed by atoms with Crippen LogP contribution in [-0.2, 0) is 36.8 Å². The largest absolute Gasteiger partial charge is 0.480 e. The Bertz CT molecular complexity index is 1610. The van der Waals surface area contributed by atoms with Gasteiger partial charge in [-0.05, 0) is 30.2 Å². The number of carbonyl (C=O) groups is 5. The quantitative estimate of drug-likeness (QED) is 0.110. The number of amides is 4. The molecule has 0 aliphatic carbocycles. The van der Waals surface area contributed by atoms with Crippen molar-refractivity contribution in [1.82, 2.24) is 31.2 Å². The number of para-hydroxylation sites is 2. The zero-order valence-electron chi connectivity index (χ0n) is 22.9. The zero-order chi connectivity index (χ0) is 30.2. The fraction of sp³-hybridized carbons (Fsp3) is 0.276. The lowest BCUT2D eigenvalue weighted by Gasteiger charge is -2.23. The summed E-state index contributed by atoms with van der Waals surface area (Å²) >= 11 is 0. The first-order valence-electron chi connectivity index (χ1n) is 13.4. The maximum atomic E-state index is 13.3. The van der Waals surface area contributed by atoms with E-state index in [0.29, 0.717) is 0 Å². The number of nitrogens with two attached hydrogens (primary N) is 1. The predicted molar refractivity (Wildman–Crippen MR) is 155 cm³/mol. The lowest BCUT2D eigenvalue weighted by Crippen LogP contribution is -2.57. The minimum atomic E-state index is -1.23. The Hall–Kier alpha value is -5.17. The number of carbonyl (C=O) groups excluding carboxylic acids is 4. The van der Waals surface area contributed by atoms with E-state index in [2.05, 4.69) is 31.2 Å². The van der Waals surface area contributed by atoms with Gasteiger partial charge in [-0.3, -0.25) is 24.0 Å². The topological polar surface area (TPSA) is 211 Å². The van der Waals surface area contributed by atoms with Gasteiger partial charge in [0.1, 0.15) is 24.7 Å². The van der Waals surface area contributed by atoms with Gasteiger partial charge in [-0.15, -0.1) is 0 Å². The van der Waals surface area contributed by atoms with E-state index in [1.54, 1.807) is 12.4 Å². The molecular weight excluding hydrogens is 542 g/mol. The molecule has 3 atom stereocenters. The van der Waals surface area contributed by atoms with Crippen LogP contribution in [0.5, 0.6) is 0 Å². The minimum absolute atomic E-state index is 0.0671. The summed E-state index contributed by atoms with van der Waals surface area (Å²) in [6, 6.07) is 11.7. The van der Waals surface area contributed by atoms with Gasteiger partial charge in [0.05, 0.1) is 6.54 Å². The molecule has 4 aromatic rings. The molecule has 0 unspecified atom stereocenters. The summed E-state index contributed by atoms with van der Waals surface area (Å²) in [7, 11) is 0. The second kappa shape index (κ2) is 13.5. The number of rotatable bonds is 13. The van der Waals surface area contributed by atoms with E-state index in [1.165, 1.54) is 6.92 Å². The molecule has 2 aromatic carbocycles. The lowest BCUT2D eigenvalue weighted by atomic mass is 10.0. The third kappa shape index (κ3) is 7.31. The Labute approximate surface area is 240 Å². The minimum Gasteiger partial charge on any atom is -0.480 e. The van der Waals surface area contributed by atoms with E-state index >= 15 is 0 Å². The summed E-state index contributed by atoms with van der Waals surface area (Å²) in [5.74, 6) is -3.76. The number of carboxylic acid groups (broad SMARTS) is 1. The third-order valence-electron chi connectivity index (χ3n) is 6.83. The Kier molecular flexibility index (Phi) is 9.55. The summed E-state index contributed by atoms with van der Waals surface area (Å²) in [4.78, 5) is 68.7. The summed E-state index contributed by atoms with van der Waals surface area (Å²) in [5.41, 5.74) is 8.69. The second-order valence-corrected chi connectivity index (χ2v) is 9.85. The first-order chi connectivity index (χ1) is 20.2. The number of hydrogen-bond acceptors (Lipinski definition) is 6. The maximum Gasteiger partial charge on any atom is 0.322 e. The Morgan fingerprint density at radius 3 is 1.81 bits per heavy atom. The van der Waals surface area contributed by atoms with Crippen molar-refractivity contribution in [2.45, 2.75) is 37.9 Å². The highest BCUT2D eigenvalue weighted by molar-refractivity contribution is 5.95. The van der Waals surface area contributed by atoms with Crippen LogP contribution >= 0.6 is 0 Å². The van der Waals surface area contributed by atoms with E-state index in [1.807, 2.05) is 48.5 Å². The lowest BCUT2D eigenvalue weighted by molar-refractivity contribution is -0.138. The van der Waals surface area contributed by atoms with E-state index in [-0.39, 0.29) is 19.4 Å². The molecular formula is C29H33N7O6. The van der Waals surface area contributed by atoms with Gasteiger partial charge in [-0.2, -0.15) is 0 Å². The fourth-order valence-electron chi connectivity index (χ4n) is 4.67. The van der Waals surface area contributed by atoms with Crippen molar-refractivity contribution in [2.24, 2.45) is 5.73 Å². The highest BCUT2D eigenvalue weighted by Crippen LogP contribution is 2.20. The van der Waals surface area contributed by atoms with Crippen molar-refractivity contribution in [2.75, 3.05) is 13.1 Å². The molecule has 0 radical (unpaired) electrons. The predicted octanol–water partition coefficient (Wildman–Crippen LogP) is 0.0682. The fourth-order valence-corrected chi connectivity index (χ4v) is 4.67. The van der Waals surface area contributed by atoms with Gasteiger partial charge in [-0.1, -0.05) is 36.4 Å². The van der Waals surface area contributed by atoms with Crippen molar-refractivity contribution in [1.29, 1.82) is 0 Å². The number of aromatic amines is 2. The number of aromatic nitrogens is 2. The molecule has 2 aromatic heterocycles. The maximum absolute atomic E-state index is 13.3. The van der Waals surface area contributed by atoms with Crippen LogP contribution in [0.15, 0.2) is 60.9 Å². The van der Waals surface area contributed by atoms with Gasteiger partial charge in [0.15, 0.2) is 0 Å². The number of benzene rings is 2. The molecule has 9 N–H and O–H groups in total. The van der Waals surface area contributed by atoms with Crippen molar-refractivity contribution < 1.29 is 29.1 Å². The molecule has 0 aliphatic rings. The molecule has 13 heteroatoms. The van der Waals surface area contributed by atoms with E-state index < -0.39 is 54.3 Å². The van der Waals surface area contributed by atoms with Crippen molar-refractivity contribution in [3.05, 3.63) is 72.1 Å². The van der Waals surface area contributed by atoms with E-state index in [9.17, 15) is 24.0 Å². The summed E-state index contributed by atoms with van der Waals surface area (Å²) < 4.78 is 0. The van der Waals surface area contributed by atoms with Crippen molar-refractivity contribution in [3.8, 4) is 0 Å². The Morgan fingerprint density at radius 2 is 1.29 bits per heavy atom. The molecule has 42 heavy (non-hydrogen) atoms. The van der Waals surface area contributed by atoms with Gasteiger partial charge in [-0.25, -0.2) is 0 Å². The standard InChI is InChI=1S/C29H33N7O6/c1-16(34-29(42)24(35-25(37)12-30)11-18-14-32-22-9-5-3-7-20(18)22)27(40)36-23(28(41)33-15-26(38)39)10-17-13-31-21-8-4-2-6-19(17)21/h2-9,13-14,16,23-24,31-32H,10-12,15,30H2,1H3,(H,33,41)(H,34,42)(H,35,37)(H,36,40)(H,38,39)/t16-,23-,24-/m0/s1. The number of carboxylic acids is 1. The van der Waals surface area contributed by atoms with Gasteiger partial charge < -0.3 is 42.1 Å². The van der Waals surface area contributed by atoms with Gasteiger partial charge in [0.2, 0.25) is 23.6 Å². The Balaban J connectivity index is 1.47. The Morgan fingerprint density at radius 1 is 0.762 bits per heavy atom. The average Bonchev–Trinajstić information content (AvgIpc) is 3.59. The zero-order valence-corrected chi connectivity index (χ0v) is 22.9. The number of fused-ring (bicyclic) bond motifs is 2. The van der Waals surface area contributed by atoms with Gasteiger partial charge >= 0.3 is 5.97 Å². The highest BCUT2D eigenvalue weighted by Gasteiger charge is 2.29. The third-order valence-corrected chi connectivity index (χ3v) is 6.83. The number of nitrogens with one attached hydrogen (secondary N) is 6. The number of H-pyrrole nitrogens is 2. The SMILES string of the molecule is C[C@H](NC(=O)[C@H](Cc1c[nH]c2ccccc12)NC(=O)CN)C(=O)N[C@@H](Cc1c[nH]c2ccccc12)C(=O)NCC(=O)O. The summed E-state index contributed by atoms with van der Waals surface area (Å²) in [6.45, 7) is 0.495. The molecule has 0 saturated heterocycles. The summed E-state index contributed by atoms with van der Waals surface area (Å²) in [6.07, 6.45) is 3.67. The molecule has 0 spiro atoms. The van der Waals surface area contributed by atoms with Crippen LogP contribution < -0.4 is 27.0 Å². The molecule has 0 bridgehead atoms. The second-order valence-electron chi connectivity index (χ2n) is 9.85. The van der Waals surface area contributed by atoms with E-state index in [0.717, 1.165) is 32.9 Å². The smallest absolute Gasteiger partial charge is 0.322 e. The van der Waals surface area contributed by atoms with Crippen molar-refractivity contribution >= 4 is 51.4 Å². The van der Waals surface area contributed by atoms with E-state index in [4.69, 9.17) is 10.8 Å². The van der Waals surface area contributed by atoms with Gasteiger partial charge in [0, 0.05) is 47.0 Å².